The zero-order valence-corrected chi connectivity index (χ0v) is 12.2. The molecule has 0 spiro atoms. The van der Waals surface area contributed by atoms with Crippen molar-refractivity contribution in [3.05, 3.63) is 34.9 Å². The molecule has 1 aromatic rings. The lowest BCUT2D eigenvalue weighted by atomic mass is 10.0. The molecule has 5 heteroatoms. The van der Waals surface area contributed by atoms with Crippen molar-refractivity contribution in [2.75, 3.05) is 7.11 Å². The predicted molar refractivity (Wildman–Crippen MR) is 70.2 cm³/mol. The van der Waals surface area contributed by atoms with E-state index in [4.69, 9.17) is 0 Å². The topological polar surface area (TPSA) is 26.3 Å². The largest absolute Gasteiger partial charge is 0.465 e. The van der Waals surface area contributed by atoms with Crippen LogP contribution in [0.2, 0.25) is 0 Å². The highest BCUT2D eigenvalue weighted by atomic mass is 19.4. The number of halogens is 3. The number of hydrogen-bond acceptors (Lipinski definition) is 2. The normalized spacial score (nSPS) is 9.53. The summed E-state index contributed by atoms with van der Waals surface area (Å²) in [5.74, 6) is -0.765. The summed E-state index contributed by atoms with van der Waals surface area (Å²) in [6.07, 6.45) is -4.45. The number of hydrogen-bond donors (Lipinski definition) is 0. The van der Waals surface area contributed by atoms with Gasteiger partial charge in [0.15, 0.2) is 0 Å². The fraction of sp³-hybridized carbons (Fsp3) is 0.500. The predicted octanol–water partition coefficient (Wildman–Crippen LogP) is 4.85. The van der Waals surface area contributed by atoms with E-state index in [0.717, 1.165) is 13.2 Å². The van der Waals surface area contributed by atoms with Crippen molar-refractivity contribution >= 4 is 5.97 Å². The third-order valence-electron chi connectivity index (χ3n) is 2.04. The number of benzene rings is 1. The van der Waals surface area contributed by atoms with Crippen molar-refractivity contribution in [3.63, 3.8) is 0 Å². The third-order valence-corrected chi connectivity index (χ3v) is 2.04. The van der Waals surface area contributed by atoms with E-state index < -0.39 is 17.7 Å². The maximum Gasteiger partial charge on any atom is 0.416 e. The van der Waals surface area contributed by atoms with Gasteiger partial charge in [0.1, 0.15) is 0 Å². The van der Waals surface area contributed by atoms with E-state index in [1.165, 1.54) is 19.1 Å². The van der Waals surface area contributed by atoms with Gasteiger partial charge in [-0.2, -0.15) is 13.2 Å². The monoisotopic (exact) mass is 278 g/mol. The minimum atomic E-state index is -4.45. The van der Waals surface area contributed by atoms with Gasteiger partial charge in [-0.1, -0.05) is 33.8 Å². The van der Waals surface area contributed by atoms with Crippen LogP contribution in [0.1, 0.15) is 49.2 Å². The Morgan fingerprint density at radius 3 is 1.95 bits per heavy atom. The summed E-state index contributed by atoms with van der Waals surface area (Å²) < 4.78 is 41.7. The molecular formula is C14H21F3O2. The fourth-order valence-electron chi connectivity index (χ4n) is 1.27. The van der Waals surface area contributed by atoms with Crippen molar-refractivity contribution < 1.29 is 22.7 Å². The zero-order chi connectivity index (χ0) is 15.6. The standard InChI is InChI=1S/C10H9F3O2.2C2H6/c1-6-7(9(14)15-2)4-3-5-8(6)10(11,12)13;2*1-2/h3-5H,1-2H3;2*1-2H3. The molecule has 0 amide bonds. The van der Waals surface area contributed by atoms with Crippen LogP contribution in [-0.2, 0) is 10.9 Å². The van der Waals surface area contributed by atoms with Crippen molar-refractivity contribution in [1.82, 2.24) is 0 Å². The molecule has 110 valence electrons. The van der Waals surface area contributed by atoms with Gasteiger partial charge >= 0.3 is 12.1 Å². The SMILES string of the molecule is CC.CC.COC(=O)c1cccc(C(F)(F)F)c1C. The number of rotatable bonds is 1. The van der Waals surface area contributed by atoms with E-state index in [1.54, 1.807) is 0 Å². The van der Waals surface area contributed by atoms with E-state index in [0.29, 0.717) is 0 Å². The molecule has 19 heavy (non-hydrogen) atoms. The maximum absolute atomic E-state index is 12.4. The summed E-state index contributed by atoms with van der Waals surface area (Å²) in [6, 6.07) is 3.42. The molecule has 0 saturated heterocycles. The number of methoxy groups -OCH3 is 1. The molecule has 0 heterocycles. The second-order valence-electron chi connectivity index (χ2n) is 2.97. The lowest BCUT2D eigenvalue weighted by Crippen LogP contribution is -2.12. The van der Waals surface area contributed by atoms with Crippen LogP contribution in [0.4, 0.5) is 13.2 Å². The summed E-state index contributed by atoms with van der Waals surface area (Å²) in [7, 11) is 1.13. The van der Waals surface area contributed by atoms with E-state index >= 15 is 0 Å². The van der Waals surface area contributed by atoms with Crippen LogP contribution < -0.4 is 0 Å². The third kappa shape index (κ3) is 5.77. The molecule has 1 rings (SSSR count). The molecule has 0 fully saturated rings. The first-order valence-electron chi connectivity index (χ1n) is 6.13. The lowest BCUT2D eigenvalue weighted by molar-refractivity contribution is -0.138. The highest BCUT2D eigenvalue weighted by Gasteiger charge is 2.33. The summed E-state index contributed by atoms with van der Waals surface area (Å²) in [5, 5.41) is 0. The Morgan fingerprint density at radius 2 is 1.58 bits per heavy atom. The van der Waals surface area contributed by atoms with Crippen molar-refractivity contribution in [2.24, 2.45) is 0 Å². The highest BCUT2D eigenvalue weighted by molar-refractivity contribution is 5.91. The van der Waals surface area contributed by atoms with Gasteiger partial charge in [-0.05, 0) is 24.6 Å². The van der Waals surface area contributed by atoms with E-state index in [9.17, 15) is 18.0 Å². The van der Waals surface area contributed by atoms with Gasteiger partial charge in [-0.25, -0.2) is 4.79 Å². The molecule has 0 aliphatic heterocycles. The van der Waals surface area contributed by atoms with Gasteiger partial charge in [-0.15, -0.1) is 0 Å². The van der Waals surface area contributed by atoms with Gasteiger partial charge < -0.3 is 4.74 Å². The maximum atomic E-state index is 12.4. The van der Waals surface area contributed by atoms with Crippen LogP contribution in [0.3, 0.4) is 0 Å². The Kier molecular flexibility index (Phi) is 9.82. The minimum absolute atomic E-state index is 0.0627. The number of carbonyl (C=O) groups excluding carboxylic acids is 1. The molecule has 0 unspecified atom stereocenters. The quantitative estimate of drug-likeness (QED) is 0.686. The first-order chi connectivity index (χ1) is 8.88. The van der Waals surface area contributed by atoms with Crippen molar-refractivity contribution in [1.29, 1.82) is 0 Å². The number of ether oxygens (including phenoxy) is 1. The molecule has 0 atom stereocenters. The Hall–Kier alpha value is -1.52. The van der Waals surface area contributed by atoms with Crippen molar-refractivity contribution in [3.8, 4) is 0 Å². The number of carbonyl (C=O) groups is 1. The van der Waals surface area contributed by atoms with Gasteiger partial charge in [0.25, 0.3) is 0 Å². The average Bonchev–Trinajstić information content (AvgIpc) is 2.41. The average molecular weight is 278 g/mol. The van der Waals surface area contributed by atoms with E-state index in [-0.39, 0.29) is 11.1 Å². The van der Waals surface area contributed by atoms with Crippen LogP contribution in [0.25, 0.3) is 0 Å². The molecule has 0 aliphatic rings. The molecule has 2 nitrogen and oxygen atoms in total. The van der Waals surface area contributed by atoms with Crippen LogP contribution in [0.15, 0.2) is 18.2 Å². The molecule has 0 bridgehead atoms. The van der Waals surface area contributed by atoms with Gasteiger partial charge in [-0.3, -0.25) is 0 Å². The second-order valence-corrected chi connectivity index (χ2v) is 2.97. The van der Waals surface area contributed by atoms with Crippen LogP contribution in [0.5, 0.6) is 0 Å². The molecular weight excluding hydrogens is 257 g/mol. The van der Waals surface area contributed by atoms with Gasteiger partial charge in [0.05, 0.1) is 18.2 Å². The molecule has 0 N–H and O–H groups in total. The summed E-state index contributed by atoms with van der Waals surface area (Å²) in [5.41, 5.74) is -0.991. The van der Waals surface area contributed by atoms with E-state index in [1.807, 2.05) is 27.7 Å². The van der Waals surface area contributed by atoms with Crippen LogP contribution in [-0.4, -0.2) is 13.1 Å². The van der Waals surface area contributed by atoms with E-state index in [2.05, 4.69) is 4.74 Å². The Bertz CT molecular complexity index is 385. The smallest absolute Gasteiger partial charge is 0.416 e. The minimum Gasteiger partial charge on any atom is -0.465 e. The van der Waals surface area contributed by atoms with Gasteiger partial charge in [0.2, 0.25) is 0 Å². The lowest BCUT2D eigenvalue weighted by Gasteiger charge is -2.12. The highest BCUT2D eigenvalue weighted by Crippen LogP contribution is 2.32. The summed E-state index contributed by atoms with van der Waals surface area (Å²) in [6.45, 7) is 9.25. The molecule has 0 radical (unpaired) electrons. The number of esters is 1. The number of alkyl halides is 3. The molecule has 0 aliphatic carbocycles. The van der Waals surface area contributed by atoms with Crippen molar-refractivity contribution in [2.45, 2.75) is 40.8 Å². The Balaban J connectivity index is 0. The molecule has 0 aromatic heterocycles. The fourth-order valence-corrected chi connectivity index (χ4v) is 1.27. The van der Waals surface area contributed by atoms with Crippen LogP contribution >= 0.6 is 0 Å². The Labute approximate surface area is 112 Å². The summed E-state index contributed by atoms with van der Waals surface area (Å²) in [4.78, 5) is 11.1. The Morgan fingerprint density at radius 1 is 1.11 bits per heavy atom. The van der Waals surface area contributed by atoms with Gasteiger partial charge in [0, 0.05) is 0 Å². The van der Waals surface area contributed by atoms with Crippen LogP contribution in [0, 0.1) is 6.92 Å². The molecule has 1 aromatic carbocycles. The zero-order valence-electron chi connectivity index (χ0n) is 12.2. The first kappa shape index (κ1) is 19.8. The first-order valence-corrected chi connectivity index (χ1v) is 6.13. The second kappa shape index (κ2) is 9.42. The summed E-state index contributed by atoms with van der Waals surface area (Å²) >= 11 is 0. The molecule has 0 saturated carbocycles.